The van der Waals surface area contributed by atoms with Crippen molar-refractivity contribution in [2.24, 2.45) is 0 Å². The minimum Gasteiger partial charge on any atom is -0.334 e. The van der Waals surface area contributed by atoms with Crippen LogP contribution in [0.15, 0.2) is 55.0 Å². The molecule has 0 aliphatic rings. The highest BCUT2D eigenvalue weighted by molar-refractivity contribution is 5.95. The number of aryl methyl sites for hydroxylation is 1. The minimum absolute atomic E-state index is 0.102. The number of carbonyl (C=O) groups excluding carboxylic acids is 1. The standard InChI is InChI=1S/C20H21FN4O/c1-3-24(13-15-12-23-25(4-2)14-15)20(26)17-8-5-7-16(11-17)19-18(21)9-6-10-22-19/h5-12,14H,3-4,13H2,1-2H3. The summed E-state index contributed by atoms with van der Waals surface area (Å²) in [6.07, 6.45) is 5.26. The van der Waals surface area contributed by atoms with Gasteiger partial charge in [-0.25, -0.2) is 4.39 Å². The molecule has 2 aromatic heterocycles. The van der Waals surface area contributed by atoms with Crippen molar-refractivity contribution in [2.45, 2.75) is 26.9 Å². The van der Waals surface area contributed by atoms with E-state index < -0.39 is 5.82 Å². The van der Waals surface area contributed by atoms with E-state index >= 15 is 0 Å². The fourth-order valence-corrected chi connectivity index (χ4v) is 2.79. The summed E-state index contributed by atoms with van der Waals surface area (Å²) in [5, 5.41) is 4.25. The molecule has 0 fully saturated rings. The van der Waals surface area contributed by atoms with Gasteiger partial charge >= 0.3 is 0 Å². The molecule has 3 rings (SSSR count). The summed E-state index contributed by atoms with van der Waals surface area (Å²) in [4.78, 5) is 18.7. The van der Waals surface area contributed by atoms with Crippen LogP contribution in [-0.2, 0) is 13.1 Å². The number of nitrogens with zero attached hydrogens (tertiary/aromatic N) is 4. The maximum Gasteiger partial charge on any atom is 0.254 e. The number of halogens is 1. The third-order valence-electron chi connectivity index (χ3n) is 4.19. The summed E-state index contributed by atoms with van der Waals surface area (Å²) in [5.74, 6) is -0.508. The number of rotatable bonds is 6. The van der Waals surface area contributed by atoms with Crippen LogP contribution >= 0.6 is 0 Å². The Morgan fingerprint density at radius 3 is 2.77 bits per heavy atom. The molecular weight excluding hydrogens is 331 g/mol. The van der Waals surface area contributed by atoms with E-state index in [9.17, 15) is 9.18 Å². The number of aromatic nitrogens is 3. The summed E-state index contributed by atoms with van der Waals surface area (Å²) in [6.45, 7) is 5.79. The van der Waals surface area contributed by atoms with Gasteiger partial charge < -0.3 is 4.90 Å². The lowest BCUT2D eigenvalue weighted by Gasteiger charge is -2.20. The van der Waals surface area contributed by atoms with Gasteiger partial charge in [0.25, 0.3) is 5.91 Å². The average Bonchev–Trinajstić information content (AvgIpc) is 3.14. The molecule has 134 valence electrons. The van der Waals surface area contributed by atoms with Crippen LogP contribution in [0.1, 0.15) is 29.8 Å². The van der Waals surface area contributed by atoms with Crippen molar-refractivity contribution in [2.75, 3.05) is 6.54 Å². The molecule has 3 aromatic rings. The predicted molar refractivity (Wildman–Crippen MR) is 97.9 cm³/mol. The Balaban J connectivity index is 1.84. The van der Waals surface area contributed by atoms with Crippen LogP contribution in [0, 0.1) is 5.82 Å². The van der Waals surface area contributed by atoms with Gasteiger partial charge in [-0.15, -0.1) is 0 Å². The van der Waals surface area contributed by atoms with E-state index in [4.69, 9.17) is 0 Å². The first-order chi connectivity index (χ1) is 12.6. The molecule has 0 unspecified atom stereocenters. The molecule has 0 saturated carbocycles. The van der Waals surface area contributed by atoms with Crippen molar-refractivity contribution in [1.82, 2.24) is 19.7 Å². The molecule has 0 bridgehead atoms. The molecule has 0 atom stereocenters. The van der Waals surface area contributed by atoms with E-state index in [-0.39, 0.29) is 11.6 Å². The van der Waals surface area contributed by atoms with Crippen molar-refractivity contribution in [3.63, 3.8) is 0 Å². The normalized spacial score (nSPS) is 10.7. The fraction of sp³-hybridized carbons (Fsp3) is 0.250. The molecule has 0 aliphatic heterocycles. The first kappa shape index (κ1) is 17.8. The fourth-order valence-electron chi connectivity index (χ4n) is 2.79. The summed E-state index contributed by atoms with van der Waals surface area (Å²) in [7, 11) is 0. The zero-order valence-electron chi connectivity index (χ0n) is 14.9. The van der Waals surface area contributed by atoms with Gasteiger partial charge in [-0.2, -0.15) is 5.10 Å². The second-order valence-electron chi connectivity index (χ2n) is 5.94. The minimum atomic E-state index is -0.406. The molecule has 0 radical (unpaired) electrons. The van der Waals surface area contributed by atoms with Crippen molar-refractivity contribution < 1.29 is 9.18 Å². The van der Waals surface area contributed by atoms with Gasteiger partial charge in [0.15, 0.2) is 0 Å². The highest BCUT2D eigenvalue weighted by atomic mass is 19.1. The van der Waals surface area contributed by atoms with Crippen molar-refractivity contribution in [3.05, 3.63) is 71.9 Å². The molecular formula is C20H21FN4O. The Morgan fingerprint density at radius 1 is 1.23 bits per heavy atom. The van der Waals surface area contributed by atoms with Crippen molar-refractivity contribution >= 4 is 5.91 Å². The lowest BCUT2D eigenvalue weighted by Crippen LogP contribution is -2.30. The van der Waals surface area contributed by atoms with E-state index in [1.165, 1.54) is 12.3 Å². The quantitative estimate of drug-likeness (QED) is 0.679. The lowest BCUT2D eigenvalue weighted by molar-refractivity contribution is 0.0752. The second-order valence-corrected chi connectivity index (χ2v) is 5.94. The smallest absolute Gasteiger partial charge is 0.254 e. The Morgan fingerprint density at radius 2 is 2.08 bits per heavy atom. The van der Waals surface area contributed by atoms with Crippen LogP contribution in [0.5, 0.6) is 0 Å². The summed E-state index contributed by atoms with van der Waals surface area (Å²) in [5.41, 5.74) is 2.32. The molecule has 1 amide bonds. The zero-order chi connectivity index (χ0) is 18.5. The van der Waals surface area contributed by atoms with Gasteiger partial charge in [-0.05, 0) is 38.1 Å². The largest absolute Gasteiger partial charge is 0.334 e. The zero-order valence-corrected chi connectivity index (χ0v) is 14.9. The van der Waals surface area contributed by atoms with E-state index in [0.717, 1.165) is 12.1 Å². The highest BCUT2D eigenvalue weighted by Crippen LogP contribution is 2.22. The average molecular weight is 352 g/mol. The molecule has 0 saturated heterocycles. The summed E-state index contributed by atoms with van der Waals surface area (Å²) in [6, 6.07) is 9.84. The van der Waals surface area contributed by atoms with Crippen molar-refractivity contribution in [3.8, 4) is 11.3 Å². The van der Waals surface area contributed by atoms with Crippen LogP contribution in [-0.4, -0.2) is 32.1 Å². The Labute approximate surface area is 152 Å². The van der Waals surface area contributed by atoms with Gasteiger partial charge in [-0.1, -0.05) is 12.1 Å². The number of pyridine rings is 1. The molecule has 0 spiro atoms. The molecule has 5 nitrogen and oxygen atoms in total. The number of amides is 1. The topological polar surface area (TPSA) is 51.0 Å². The molecule has 1 aromatic carbocycles. The Kier molecular flexibility index (Phi) is 5.41. The predicted octanol–water partition coefficient (Wildman–Crippen LogP) is 3.77. The SMILES string of the molecule is CCN(Cc1cnn(CC)c1)C(=O)c1cccc(-c2ncccc2F)c1. The number of hydrogen-bond acceptors (Lipinski definition) is 3. The maximum atomic E-state index is 14.0. The van der Waals surface area contributed by atoms with Crippen LogP contribution in [0.3, 0.4) is 0 Å². The Hall–Kier alpha value is -3.02. The monoisotopic (exact) mass is 352 g/mol. The van der Waals surface area contributed by atoms with Crippen LogP contribution < -0.4 is 0 Å². The third kappa shape index (κ3) is 3.79. The van der Waals surface area contributed by atoms with Gasteiger partial charge in [0, 0.05) is 48.7 Å². The maximum absolute atomic E-state index is 14.0. The third-order valence-corrected chi connectivity index (χ3v) is 4.19. The van der Waals surface area contributed by atoms with Gasteiger partial charge in [0.05, 0.1) is 6.20 Å². The van der Waals surface area contributed by atoms with E-state index in [2.05, 4.69) is 10.1 Å². The lowest BCUT2D eigenvalue weighted by atomic mass is 10.1. The van der Waals surface area contributed by atoms with Crippen LogP contribution in [0.2, 0.25) is 0 Å². The van der Waals surface area contributed by atoms with Gasteiger partial charge in [-0.3, -0.25) is 14.5 Å². The van der Waals surface area contributed by atoms with Crippen LogP contribution in [0.4, 0.5) is 4.39 Å². The summed E-state index contributed by atoms with van der Waals surface area (Å²) >= 11 is 0. The summed E-state index contributed by atoms with van der Waals surface area (Å²) < 4.78 is 15.8. The van der Waals surface area contributed by atoms with E-state index in [1.54, 1.807) is 41.4 Å². The molecule has 0 N–H and O–H groups in total. The number of benzene rings is 1. The van der Waals surface area contributed by atoms with E-state index in [1.807, 2.05) is 24.7 Å². The highest BCUT2D eigenvalue weighted by Gasteiger charge is 2.17. The van der Waals surface area contributed by atoms with Crippen LogP contribution in [0.25, 0.3) is 11.3 Å². The molecule has 2 heterocycles. The molecule has 6 heteroatoms. The van der Waals surface area contributed by atoms with E-state index in [0.29, 0.717) is 24.2 Å². The first-order valence-corrected chi connectivity index (χ1v) is 8.64. The Bertz CT molecular complexity index is 906. The second kappa shape index (κ2) is 7.91. The molecule has 26 heavy (non-hydrogen) atoms. The van der Waals surface area contributed by atoms with Gasteiger partial charge in [0.2, 0.25) is 0 Å². The molecule has 0 aliphatic carbocycles. The number of hydrogen-bond donors (Lipinski definition) is 0. The van der Waals surface area contributed by atoms with Gasteiger partial charge in [0.1, 0.15) is 11.5 Å². The first-order valence-electron chi connectivity index (χ1n) is 8.64. The number of carbonyl (C=O) groups is 1. The van der Waals surface area contributed by atoms with Crippen molar-refractivity contribution in [1.29, 1.82) is 0 Å².